The van der Waals surface area contributed by atoms with Gasteiger partial charge < -0.3 is 4.57 Å². The molecule has 1 aromatic carbocycles. The molecular weight excluding hydrogens is 412 g/mol. The van der Waals surface area contributed by atoms with Gasteiger partial charge in [-0.25, -0.2) is 23.8 Å². The molecule has 2 saturated carbocycles. The van der Waals surface area contributed by atoms with Gasteiger partial charge in [0.2, 0.25) is 5.91 Å². The zero-order valence-electron chi connectivity index (χ0n) is 17.4. The van der Waals surface area contributed by atoms with E-state index in [9.17, 15) is 13.6 Å². The maximum Gasteiger partial charge on any atom is 0.246 e. The molecule has 2 aliphatic carbocycles. The average Bonchev–Trinajstić information content (AvgIpc) is 3.44. The van der Waals surface area contributed by atoms with E-state index >= 15 is 0 Å². The minimum absolute atomic E-state index is 0.0252. The van der Waals surface area contributed by atoms with Gasteiger partial charge in [0.1, 0.15) is 11.6 Å². The molecule has 32 heavy (non-hydrogen) atoms. The van der Waals surface area contributed by atoms with Crippen LogP contribution in [0.4, 0.5) is 8.78 Å². The molecule has 0 spiro atoms. The van der Waals surface area contributed by atoms with Crippen LogP contribution in [0.1, 0.15) is 37.3 Å². The summed E-state index contributed by atoms with van der Waals surface area (Å²) in [4.78, 5) is 22.2. The molecule has 2 aromatic heterocycles. The largest absolute Gasteiger partial charge is 0.329 e. The van der Waals surface area contributed by atoms with E-state index in [0.717, 1.165) is 43.0 Å². The lowest BCUT2D eigenvalue weighted by molar-refractivity contribution is -0.139. The molecule has 1 amide bonds. The van der Waals surface area contributed by atoms with E-state index in [4.69, 9.17) is 0 Å². The zero-order valence-corrected chi connectivity index (χ0v) is 17.4. The SMILES string of the molecule is O=C([C@H]1CC(Cn2cnc3ncccc32)C2CCC21)N1N=CCC1c1cc(F)cc(F)c1. The lowest BCUT2D eigenvalue weighted by atomic mass is 9.70. The van der Waals surface area contributed by atoms with Gasteiger partial charge in [0, 0.05) is 37.4 Å². The minimum atomic E-state index is -0.638. The first-order chi connectivity index (χ1) is 15.6. The lowest BCUT2D eigenvalue weighted by Gasteiger charge is -2.37. The maximum absolute atomic E-state index is 13.8. The molecule has 1 aliphatic heterocycles. The van der Waals surface area contributed by atoms with Crippen molar-refractivity contribution < 1.29 is 13.6 Å². The van der Waals surface area contributed by atoms with Crippen molar-refractivity contribution in [1.82, 2.24) is 19.5 Å². The molecule has 164 valence electrons. The van der Waals surface area contributed by atoms with E-state index in [1.807, 2.05) is 18.5 Å². The van der Waals surface area contributed by atoms with E-state index < -0.39 is 17.7 Å². The molecule has 4 unspecified atom stereocenters. The summed E-state index contributed by atoms with van der Waals surface area (Å²) in [5, 5.41) is 5.78. The molecule has 6 nitrogen and oxygen atoms in total. The number of aromatic nitrogens is 3. The Bertz CT molecular complexity index is 1200. The number of rotatable bonds is 4. The highest BCUT2D eigenvalue weighted by Crippen LogP contribution is 2.55. The van der Waals surface area contributed by atoms with Crippen LogP contribution in [0.2, 0.25) is 0 Å². The highest BCUT2D eigenvalue weighted by atomic mass is 19.1. The predicted octanol–water partition coefficient (Wildman–Crippen LogP) is 4.33. The van der Waals surface area contributed by atoms with Crippen molar-refractivity contribution in [1.29, 1.82) is 0 Å². The molecule has 8 heteroatoms. The van der Waals surface area contributed by atoms with Crippen LogP contribution >= 0.6 is 0 Å². The highest BCUT2D eigenvalue weighted by molar-refractivity contribution is 5.82. The number of amides is 1. The Balaban J connectivity index is 1.22. The van der Waals surface area contributed by atoms with Crippen molar-refractivity contribution >= 4 is 23.3 Å². The van der Waals surface area contributed by atoms with Crippen molar-refractivity contribution in [2.24, 2.45) is 28.8 Å². The molecule has 0 radical (unpaired) electrons. The number of carbonyl (C=O) groups is 1. The standard InChI is InChI=1S/C24H23F2N5O/c25-16-8-14(9-17(26)11-16)21-5-7-29-31(21)24(32)20-10-15(18-3-4-19(18)20)12-30-13-28-23-22(30)2-1-6-27-23/h1-2,6-9,11,13,15,18-21H,3-5,10,12H2/t15?,18?,19?,20-,21?/m0/s1. The fourth-order valence-electron chi connectivity index (χ4n) is 5.94. The number of pyridine rings is 1. The van der Waals surface area contributed by atoms with Crippen LogP contribution in [0, 0.1) is 35.3 Å². The third kappa shape index (κ3) is 3.12. The first kappa shape index (κ1) is 19.5. The molecule has 5 atom stereocenters. The molecule has 3 heterocycles. The van der Waals surface area contributed by atoms with Crippen molar-refractivity contribution in [3.63, 3.8) is 0 Å². The van der Waals surface area contributed by atoms with Crippen LogP contribution < -0.4 is 0 Å². The molecule has 0 saturated heterocycles. The highest BCUT2D eigenvalue weighted by Gasteiger charge is 2.52. The number of hydrazone groups is 1. The van der Waals surface area contributed by atoms with E-state index in [-0.39, 0.29) is 11.8 Å². The van der Waals surface area contributed by atoms with Gasteiger partial charge in [-0.15, -0.1) is 0 Å². The fourth-order valence-corrected chi connectivity index (χ4v) is 5.94. The summed E-state index contributed by atoms with van der Waals surface area (Å²) in [5.74, 6) is -0.166. The molecule has 6 rings (SSSR count). The lowest BCUT2D eigenvalue weighted by Crippen LogP contribution is -2.38. The molecular formula is C24H23F2N5O. The quantitative estimate of drug-likeness (QED) is 0.613. The summed E-state index contributed by atoms with van der Waals surface area (Å²) >= 11 is 0. The monoisotopic (exact) mass is 435 g/mol. The number of hydrogen-bond acceptors (Lipinski definition) is 4. The first-order valence-electron chi connectivity index (χ1n) is 11.2. The van der Waals surface area contributed by atoms with Crippen LogP contribution in [-0.4, -0.2) is 31.7 Å². The Hall–Kier alpha value is -3.16. The van der Waals surface area contributed by atoms with E-state index in [1.165, 1.54) is 17.1 Å². The third-order valence-corrected chi connectivity index (χ3v) is 7.53. The maximum atomic E-state index is 13.8. The molecule has 3 aliphatic rings. The minimum Gasteiger partial charge on any atom is -0.329 e. The second kappa shape index (κ2) is 7.46. The van der Waals surface area contributed by atoms with Gasteiger partial charge in [-0.05, 0) is 66.8 Å². The fraction of sp³-hybridized carbons (Fsp3) is 0.417. The van der Waals surface area contributed by atoms with Crippen molar-refractivity contribution in [2.75, 3.05) is 0 Å². The van der Waals surface area contributed by atoms with Crippen LogP contribution in [-0.2, 0) is 11.3 Å². The number of halogens is 2. The first-order valence-corrected chi connectivity index (χ1v) is 11.2. The van der Waals surface area contributed by atoms with Crippen molar-refractivity contribution in [3.05, 3.63) is 60.1 Å². The van der Waals surface area contributed by atoms with Crippen LogP contribution in [0.3, 0.4) is 0 Å². The predicted molar refractivity (Wildman–Crippen MR) is 114 cm³/mol. The normalized spacial score (nSPS) is 28.8. The van der Waals surface area contributed by atoms with Gasteiger partial charge in [0.25, 0.3) is 0 Å². The van der Waals surface area contributed by atoms with Crippen molar-refractivity contribution in [3.8, 4) is 0 Å². The summed E-state index contributed by atoms with van der Waals surface area (Å²) in [6, 6.07) is 6.92. The Labute approximate surface area is 184 Å². The topological polar surface area (TPSA) is 63.4 Å². The summed E-state index contributed by atoms with van der Waals surface area (Å²) in [6.07, 6.45) is 8.67. The molecule has 0 bridgehead atoms. The summed E-state index contributed by atoms with van der Waals surface area (Å²) < 4.78 is 29.7. The second-order valence-electron chi connectivity index (χ2n) is 9.19. The number of fused-ring (bicyclic) bond motifs is 2. The van der Waals surface area contributed by atoms with Crippen molar-refractivity contribution in [2.45, 2.75) is 38.3 Å². The van der Waals surface area contributed by atoms with E-state index in [0.29, 0.717) is 29.7 Å². The van der Waals surface area contributed by atoms with Gasteiger partial charge in [-0.3, -0.25) is 4.79 Å². The van der Waals surface area contributed by atoms with Crippen LogP contribution in [0.15, 0.2) is 48.0 Å². The number of hydrogen-bond donors (Lipinski definition) is 0. The Morgan fingerprint density at radius 3 is 2.69 bits per heavy atom. The molecule has 2 fully saturated rings. The van der Waals surface area contributed by atoms with E-state index in [1.54, 1.807) is 12.4 Å². The van der Waals surface area contributed by atoms with Gasteiger partial charge >= 0.3 is 0 Å². The summed E-state index contributed by atoms with van der Waals surface area (Å²) in [7, 11) is 0. The zero-order chi connectivity index (χ0) is 21.8. The van der Waals surface area contributed by atoms with Gasteiger partial charge in [0.15, 0.2) is 5.65 Å². The number of benzene rings is 1. The number of imidazole rings is 1. The number of carbonyl (C=O) groups excluding carboxylic acids is 1. The van der Waals surface area contributed by atoms with Gasteiger partial charge in [-0.1, -0.05) is 0 Å². The summed E-state index contributed by atoms with van der Waals surface area (Å²) in [6.45, 7) is 0.814. The third-order valence-electron chi connectivity index (χ3n) is 7.53. The Morgan fingerprint density at radius 2 is 1.91 bits per heavy atom. The molecule has 0 N–H and O–H groups in total. The average molecular weight is 435 g/mol. The van der Waals surface area contributed by atoms with Gasteiger partial charge in [-0.2, -0.15) is 5.10 Å². The van der Waals surface area contributed by atoms with E-state index in [2.05, 4.69) is 19.6 Å². The smallest absolute Gasteiger partial charge is 0.246 e. The van der Waals surface area contributed by atoms with Gasteiger partial charge in [0.05, 0.1) is 17.9 Å². The Kier molecular flexibility index (Phi) is 4.55. The molecule has 3 aromatic rings. The van der Waals surface area contributed by atoms with Crippen LogP contribution in [0.25, 0.3) is 11.2 Å². The summed E-state index contributed by atoms with van der Waals surface area (Å²) in [5.41, 5.74) is 2.20. The Morgan fingerprint density at radius 1 is 1.09 bits per heavy atom. The number of nitrogens with zero attached hydrogens (tertiary/aromatic N) is 5. The van der Waals surface area contributed by atoms with Crippen LogP contribution in [0.5, 0.6) is 0 Å². The second-order valence-corrected chi connectivity index (χ2v) is 9.19.